The smallest absolute Gasteiger partial charge is 0.319 e. The van der Waals surface area contributed by atoms with Crippen LogP contribution in [0.4, 0.5) is 10.5 Å². The minimum Gasteiger partial charge on any atom is -0.423 e. The molecule has 0 spiro atoms. The van der Waals surface area contributed by atoms with Crippen molar-refractivity contribution in [3.8, 4) is 11.5 Å². The van der Waals surface area contributed by atoms with E-state index in [1.807, 2.05) is 18.2 Å². The molecule has 0 aliphatic carbocycles. The van der Waals surface area contributed by atoms with Crippen LogP contribution in [0.1, 0.15) is 25.7 Å². The highest BCUT2D eigenvalue weighted by Crippen LogP contribution is 2.42. The minimum absolute atomic E-state index is 0.0225. The van der Waals surface area contributed by atoms with Gasteiger partial charge in [-0.1, -0.05) is 6.07 Å². The van der Waals surface area contributed by atoms with Crippen LogP contribution >= 0.6 is 0 Å². The maximum absolute atomic E-state index is 12.3. The van der Waals surface area contributed by atoms with Crippen LogP contribution in [0.15, 0.2) is 35.1 Å². The maximum Gasteiger partial charge on any atom is 0.319 e. The second-order valence-corrected chi connectivity index (χ2v) is 7.36. The lowest BCUT2D eigenvalue weighted by Crippen LogP contribution is -2.42. The van der Waals surface area contributed by atoms with Gasteiger partial charge in [-0.3, -0.25) is 0 Å². The first-order valence-corrected chi connectivity index (χ1v) is 9.98. The number of urea groups is 1. The minimum atomic E-state index is -0.248. The van der Waals surface area contributed by atoms with Crippen molar-refractivity contribution in [1.82, 2.24) is 15.5 Å². The molecule has 2 aliphatic heterocycles. The molecule has 2 aliphatic rings. The summed E-state index contributed by atoms with van der Waals surface area (Å²) >= 11 is 0. The highest BCUT2D eigenvalue weighted by molar-refractivity contribution is 5.89. The number of hydrogen-bond donors (Lipinski definition) is 2. The molecule has 2 N–H and O–H groups in total. The number of hydrogen-bond acceptors (Lipinski definition) is 7. The Morgan fingerprint density at radius 2 is 2.00 bits per heavy atom. The Kier molecular flexibility index (Phi) is 6.38. The summed E-state index contributed by atoms with van der Waals surface area (Å²) in [4.78, 5) is 12.3. The molecule has 0 saturated carbocycles. The van der Waals surface area contributed by atoms with Crippen LogP contribution < -0.4 is 10.6 Å². The normalized spacial score (nSPS) is 19.2. The van der Waals surface area contributed by atoms with Gasteiger partial charge in [0, 0.05) is 36.4 Å². The predicted molar refractivity (Wildman–Crippen MR) is 104 cm³/mol. The van der Waals surface area contributed by atoms with Gasteiger partial charge in [-0.25, -0.2) is 4.79 Å². The van der Waals surface area contributed by atoms with Gasteiger partial charge in [0.25, 0.3) is 0 Å². The van der Waals surface area contributed by atoms with E-state index in [2.05, 4.69) is 20.8 Å². The number of nitrogens with zero attached hydrogens (tertiary/aromatic N) is 2. The van der Waals surface area contributed by atoms with Crippen LogP contribution in [0.3, 0.4) is 0 Å². The van der Waals surface area contributed by atoms with E-state index < -0.39 is 0 Å². The molecule has 2 saturated heterocycles. The summed E-state index contributed by atoms with van der Waals surface area (Å²) in [5.41, 5.74) is 1.39. The third-order valence-corrected chi connectivity index (χ3v) is 5.47. The average Bonchev–Trinajstić information content (AvgIpc) is 3.47. The highest BCUT2D eigenvalue weighted by atomic mass is 16.7. The van der Waals surface area contributed by atoms with Gasteiger partial charge in [-0.05, 0) is 43.9 Å². The molecule has 9 nitrogen and oxygen atoms in total. The fourth-order valence-corrected chi connectivity index (χ4v) is 3.94. The maximum atomic E-state index is 12.3. The molecule has 0 radical (unpaired) electrons. The van der Waals surface area contributed by atoms with Gasteiger partial charge < -0.3 is 29.3 Å². The van der Waals surface area contributed by atoms with Gasteiger partial charge >= 0.3 is 6.03 Å². The molecule has 29 heavy (non-hydrogen) atoms. The summed E-state index contributed by atoms with van der Waals surface area (Å²) in [7, 11) is 0. The van der Waals surface area contributed by atoms with Crippen LogP contribution in [0.2, 0.25) is 0 Å². The average molecular weight is 402 g/mol. The molecule has 0 unspecified atom stereocenters. The number of benzene rings is 1. The van der Waals surface area contributed by atoms with Crippen molar-refractivity contribution in [1.29, 1.82) is 0 Å². The Morgan fingerprint density at radius 1 is 1.17 bits per heavy atom. The van der Waals surface area contributed by atoms with E-state index in [1.165, 1.54) is 6.39 Å². The third kappa shape index (κ3) is 4.92. The van der Waals surface area contributed by atoms with Crippen molar-refractivity contribution in [3.05, 3.63) is 30.7 Å². The highest BCUT2D eigenvalue weighted by Gasteiger charge is 2.43. The molecule has 1 aromatic heterocycles. The second-order valence-electron chi connectivity index (χ2n) is 7.36. The van der Waals surface area contributed by atoms with E-state index in [9.17, 15) is 4.79 Å². The lowest BCUT2D eigenvalue weighted by Gasteiger charge is -2.40. The first-order valence-electron chi connectivity index (χ1n) is 9.98. The first kappa shape index (κ1) is 19.8. The summed E-state index contributed by atoms with van der Waals surface area (Å²) in [5.74, 6) is 0.409. The number of carbonyl (C=O) groups excluding carboxylic acids is 1. The zero-order valence-electron chi connectivity index (χ0n) is 16.3. The summed E-state index contributed by atoms with van der Waals surface area (Å²) in [6, 6.07) is 7.02. The number of ether oxygens (including phenoxy) is 3. The third-order valence-electron chi connectivity index (χ3n) is 5.47. The molecule has 2 fully saturated rings. The first-order chi connectivity index (χ1) is 14.3. The van der Waals surface area contributed by atoms with Gasteiger partial charge in [-0.2, -0.15) is 0 Å². The molecule has 0 atom stereocenters. The number of anilines is 1. The van der Waals surface area contributed by atoms with Crippen LogP contribution in [0.5, 0.6) is 0 Å². The van der Waals surface area contributed by atoms with Crippen molar-refractivity contribution >= 4 is 11.7 Å². The number of amides is 2. The fourth-order valence-electron chi connectivity index (χ4n) is 3.94. The van der Waals surface area contributed by atoms with Crippen molar-refractivity contribution < 1.29 is 23.4 Å². The molecule has 0 bridgehead atoms. The van der Waals surface area contributed by atoms with Crippen molar-refractivity contribution in [2.45, 2.75) is 32.0 Å². The number of carbonyl (C=O) groups is 1. The number of nitrogens with one attached hydrogen (secondary N) is 2. The second kappa shape index (κ2) is 9.34. The van der Waals surface area contributed by atoms with E-state index >= 15 is 0 Å². The molecule has 3 heterocycles. The molecule has 156 valence electrons. The number of aromatic nitrogens is 2. The molecule has 4 rings (SSSR count). The monoisotopic (exact) mass is 402 g/mol. The zero-order chi connectivity index (χ0) is 19.9. The van der Waals surface area contributed by atoms with Crippen molar-refractivity contribution in [2.24, 2.45) is 5.41 Å². The van der Waals surface area contributed by atoms with Crippen LogP contribution in [-0.4, -0.2) is 55.5 Å². The van der Waals surface area contributed by atoms with Crippen molar-refractivity contribution in [3.63, 3.8) is 0 Å². The topological polar surface area (TPSA) is 108 Å². The summed E-state index contributed by atoms with van der Waals surface area (Å²) < 4.78 is 22.3. The van der Waals surface area contributed by atoms with E-state index in [1.54, 1.807) is 6.07 Å². The Labute approximate surface area is 169 Å². The molecule has 2 aromatic rings. The molecular formula is C20H26N4O5. The van der Waals surface area contributed by atoms with Crippen LogP contribution in [0.25, 0.3) is 11.5 Å². The van der Waals surface area contributed by atoms with E-state index in [0.29, 0.717) is 31.3 Å². The fraction of sp³-hybridized carbons (Fsp3) is 0.550. The summed E-state index contributed by atoms with van der Waals surface area (Å²) in [6.07, 6.45) is 4.73. The Bertz CT molecular complexity index is 786. The SMILES string of the molecule is O=C(NCCCC1(C2OCCO2)CCOCC1)Nc1cccc(-c2nnco2)c1. The Hall–Kier alpha value is -2.49. The zero-order valence-corrected chi connectivity index (χ0v) is 16.3. The van der Waals surface area contributed by atoms with Crippen molar-refractivity contribution in [2.75, 3.05) is 38.3 Å². The van der Waals surface area contributed by atoms with Gasteiger partial charge in [-0.15, -0.1) is 10.2 Å². The molecular weight excluding hydrogens is 376 g/mol. The lowest BCUT2D eigenvalue weighted by atomic mass is 9.75. The van der Waals surface area contributed by atoms with Gasteiger partial charge in [0.2, 0.25) is 12.3 Å². The summed E-state index contributed by atoms with van der Waals surface area (Å²) in [6.45, 7) is 3.33. The van der Waals surface area contributed by atoms with E-state index in [-0.39, 0.29) is 17.7 Å². The van der Waals surface area contributed by atoms with Gasteiger partial charge in [0.05, 0.1) is 13.2 Å². The Morgan fingerprint density at radius 3 is 2.76 bits per heavy atom. The molecule has 2 amide bonds. The Balaban J connectivity index is 1.25. The van der Waals surface area contributed by atoms with E-state index in [0.717, 1.165) is 44.5 Å². The molecule has 1 aromatic carbocycles. The largest absolute Gasteiger partial charge is 0.423 e. The van der Waals surface area contributed by atoms with Gasteiger partial charge in [0.15, 0.2) is 6.29 Å². The van der Waals surface area contributed by atoms with E-state index in [4.69, 9.17) is 18.6 Å². The van der Waals surface area contributed by atoms with Crippen LogP contribution in [-0.2, 0) is 14.2 Å². The van der Waals surface area contributed by atoms with Gasteiger partial charge in [0.1, 0.15) is 0 Å². The molecule has 9 heteroatoms. The van der Waals surface area contributed by atoms with Crippen LogP contribution in [0, 0.1) is 5.41 Å². The predicted octanol–water partition coefficient (Wildman–Crippen LogP) is 2.81. The summed E-state index contributed by atoms with van der Waals surface area (Å²) in [5, 5.41) is 13.3. The quantitative estimate of drug-likeness (QED) is 0.686. The number of rotatable bonds is 7. The standard InChI is InChI=1S/C20H26N4O5/c25-19(23-16-4-1-3-15(13-16)17-24-22-14-29-17)21-8-2-5-20(6-9-26-10-7-20)18-27-11-12-28-18/h1,3-4,13-14,18H,2,5-12H2,(H2,21,23,25). The lowest BCUT2D eigenvalue weighted by molar-refractivity contribution is -0.168.